The highest BCUT2D eigenvalue weighted by atomic mass is 16.6. The lowest BCUT2D eigenvalue weighted by molar-refractivity contribution is -0.385. The minimum atomic E-state index is -0.874. The van der Waals surface area contributed by atoms with Crippen molar-refractivity contribution in [2.24, 2.45) is 0 Å². The van der Waals surface area contributed by atoms with Gasteiger partial charge in [-0.15, -0.1) is 0 Å². The van der Waals surface area contributed by atoms with Crippen LogP contribution in [0, 0.1) is 10.1 Å². The van der Waals surface area contributed by atoms with E-state index in [0.29, 0.717) is 5.70 Å². The summed E-state index contributed by atoms with van der Waals surface area (Å²) in [5.41, 5.74) is -0.394. The van der Waals surface area contributed by atoms with Crippen LogP contribution < -0.4 is 0 Å². The van der Waals surface area contributed by atoms with Gasteiger partial charge in [0.25, 0.3) is 5.69 Å². The van der Waals surface area contributed by atoms with Gasteiger partial charge in [0.05, 0.1) is 23.7 Å². The molecule has 9 nitrogen and oxygen atoms in total. The standard InChI is InChI=1S/C16H21N3O6/c1-6-24-15(20)11-9-13(19(22)23)12(8-10(3)18(4)5)17-14(11)16(21)25-7-2/h8-9H,6-7H2,1-5H3/b10-8+. The molecule has 1 rings (SSSR count). The van der Waals surface area contributed by atoms with Crippen LogP contribution >= 0.6 is 0 Å². The Morgan fingerprint density at radius 1 is 1.24 bits per heavy atom. The Bertz CT molecular complexity index is 712. The Kier molecular flexibility index (Phi) is 7.04. The summed E-state index contributed by atoms with van der Waals surface area (Å²) in [6, 6.07) is 0.992. The second kappa shape index (κ2) is 8.76. The Balaban J connectivity index is 3.65. The zero-order valence-electron chi connectivity index (χ0n) is 14.9. The minimum absolute atomic E-state index is 0.0488. The first kappa shape index (κ1) is 20.1. The summed E-state index contributed by atoms with van der Waals surface area (Å²) in [5, 5.41) is 11.4. The van der Waals surface area contributed by atoms with Crippen molar-refractivity contribution in [2.45, 2.75) is 20.8 Å². The fourth-order valence-corrected chi connectivity index (χ4v) is 1.82. The number of nitrogens with zero attached hydrogens (tertiary/aromatic N) is 3. The summed E-state index contributed by atoms with van der Waals surface area (Å²) >= 11 is 0. The van der Waals surface area contributed by atoms with Crippen molar-refractivity contribution in [1.29, 1.82) is 0 Å². The summed E-state index contributed by atoms with van der Waals surface area (Å²) in [7, 11) is 3.52. The van der Waals surface area contributed by atoms with Gasteiger partial charge in [0.2, 0.25) is 0 Å². The van der Waals surface area contributed by atoms with E-state index in [4.69, 9.17) is 9.47 Å². The zero-order valence-corrected chi connectivity index (χ0v) is 14.9. The van der Waals surface area contributed by atoms with Gasteiger partial charge in [-0.25, -0.2) is 14.6 Å². The molecule has 0 saturated heterocycles. The SMILES string of the molecule is CCOC(=O)c1cc([N+](=O)[O-])c(/C=C(\C)N(C)C)nc1C(=O)OCC. The van der Waals surface area contributed by atoms with Crippen LogP contribution in [0.1, 0.15) is 47.3 Å². The van der Waals surface area contributed by atoms with Gasteiger partial charge in [0, 0.05) is 25.9 Å². The molecule has 25 heavy (non-hydrogen) atoms. The number of aromatic nitrogens is 1. The lowest BCUT2D eigenvalue weighted by atomic mass is 10.1. The molecule has 0 aliphatic heterocycles. The molecule has 0 aromatic carbocycles. The maximum Gasteiger partial charge on any atom is 0.357 e. The van der Waals surface area contributed by atoms with E-state index in [0.717, 1.165) is 6.07 Å². The normalized spacial score (nSPS) is 11.0. The molecule has 0 fully saturated rings. The minimum Gasteiger partial charge on any atom is -0.462 e. The first-order valence-electron chi connectivity index (χ1n) is 7.62. The van der Waals surface area contributed by atoms with Gasteiger partial charge in [-0.1, -0.05) is 0 Å². The number of hydrogen-bond acceptors (Lipinski definition) is 8. The van der Waals surface area contributed by atoms with Gasteiger partial charge in [0.1, 0.15) is 5.69 Å². The molecule has 1 aromatic heterocycles. The number of hydrogen-bond donors (Lipinski definition) is 0. The highest BCUT2D eigenvalue weighted by Gasteiger charge is 2.27. The van der Waals surface area contributed by atoms with Crippen LogP contribution in [-0.2, 0) is 9.47 Å². The van der Waals surface area contributed by atoms with Gasteiger partial charge in [-0.05, 0) is 26.8 Å². The molecule has 0 saturated carbocycles. The van der Waals surface area contributed by atoms with E-state index in [2.05, 4.69) is 4.98 Å². The van der Waals surface area contributed by atoms with E-state index in [1.165, 1.54) is 6.08 Å². The van der Waals surface area contributed by atoms with Crippen LogP contribution in [0.2, 0.25) is 0 Å². The van der Waals surface area contributed by atoms with Gasteiger partial charge >= 0.3 is 11.9 Å². The fraction of sp³-hybridized carbons (Fsp3) is 0.438. The number of pyridine rings is 1. The summed E-state index contributed by atoms with van der Waals surface area (Å²) in [6.07, 6.45) is 1.45. The van der Waals surface area contributed by atoms with Crippen molar-refractivity contribution in [3.05, 3.63) is 38.8 Å². The Hall–Kier alpha value is -2.97. The molecule has 0 N–H and O–H groups in total. The predicted octanol–water partition coefficient (Wildman–Crippen LogP) is 2.27. The van der Waals surface area contributed by atoms with Crippen molar-refractivity contribution in [3.8, 4) is 0 Å². The largest absolute Gasteiger partial charge is 0.462 e. The zero-order chi connectivity index (χ0) is 19.1. The van der Waals surface area contributed by atoms with Gasteiger partial charge < -0.3 is 14.4 Å². The first-order valence-corrected chi connectivity index (χ1v) is 7.62. The average Bonchev–Trinajstić information content (AvgIpc) is 2.54. The maximum atomic E-state index is 12.1. The summed E-state index contributed by atoms with van der Waals surface area (Å²) < 4.78 is 9.75. The number of rotatable bonds is 7. The molecule has 136 valence electrons. The van der Waals surface area contributed by atoms with Crippen molar-refractivity contribution < 1.29 is 24.0 Å². The number of nitro groups is 1. The van der Waals surface area contributed by atoms with Gasteiger partial charge in [-0.3, -0.25) is 10.1 Å². The Morgan fingerprint density at radius 3 is 2.28 bits per heavy atom. The van der Waals surface area contributed by atoms with Gasteiger partial charge in [-0.2, -0.15) is 0 Å². The van der Waals surface area contributed by atoms with Crippen LogP contribution in [0.15, 0.2) is 11.8 Å². The summed E-state index contributed by atoms with van der Waals surface area (Å²) in [6.45, 7) is 5.04. The number of carbonyl (C=O) groups is 2. The molecule has 0 atom stereocenters. The average molecular weight is 351 g/mol. The third kappa shape index (κ3) is 5.00. The Labute approximate surface area is 145 Å². The molecular formula is C16H21N3O6. The third-order valence-corrected chi connectivity index (χ3v) is 3.24. The van der Waals surface area contributed by atoms with Gasteiger partial charge in [0.15, 0.2) is 5.69 Å². The number of allylic oxidation sites excluding steroid dienone is 1. The van der Waals surface area contributed by atoms with E-state index >= 15 is 0 Å². The van der Waals surface area contributed by atoms with E-state index in [-0.39, 0.29) is 30.2 Å². The molecule has 9 heteroatoms. The summed E-state index contributed by atoms with van der Waals surface area (Å²) in [4.78, 5) is 40.7. The molecule has 0 spiro atoms. The molecule has 0 aliphatic rings. The van der Waals surface area contributed by atoms with Crippen LogP contribution in [0.4, 0.5) is 5.69 Å². The fourth-order valence-electron chi connectivity index (χ4n) is 1.82. The first-order chi connectivity index (χ1) is 11.7. The number of ether oxygens (including phenoxy) is 2. The van der Waals surface area contributed by atoms with E-state index in [1.807, 2.05) is 0 Å². The topological polar surface area (TPSA) is 112 Å². The van der Waals surface area contributed by atoms with Crippen LogP contribution in [-0.4, -0.2) is 54.1 Å². The van der Waals surface area contributed by atoms with Crippen LogP contribution in [0.3, 0.4) is 0 Å². The molecule has 0 unspecified atom stereocenters. The smallest absolute Gasteiger partial charge is 0.357 e. The van der Waals surface area contributed by atoms with Crippen molar-refractivity contribution in [1.82, 2.24) is 9.88 Å². The molecule has 1 aromatic rings. The molecule has 0 radical (unpaired) electrons. The predicted molar refractivity (Wildman–Crippen MR) is 90.1 cm³/mol. The molecular weight excluding hydrogens is 330 g/mol. The third-order valence-electron chi connectivity index (χ3n) is 3.24. The van der Waals surface area contributed by atoms with Crippen LogP contribution in [0.5, 0.6) is 0 Å². The van der Waals surface area contributed by atoms with Crippen LogP contribution in [0.25, 0.3) is 6.08 Å². The van der Waals surface area contributed by atoms with E-state index < -0.39 is 22.5 Å². The lowest BCUT2D eigenvalue weighted by Crippen LogP contribution is -2.18. The second-order valence-electron chi connectivity index (χ2n) is 5.17. The monoisotopic (exact) mass is 351 g/mol. The maximum absolute atomic E-state index is 12.1. The van der Waals surface area contributed by atoms with Crippen molar-refractivity contribution >= 4 is 23.7 Å². The molecule has 0 amide bonds. The molecule has 1 heterocycles. The van der Waals surface area contributed by atoms with E-state index in [1.54, 1.807) is 39.8 Å². The van der Waals surface area contributed by atoms with E-state index in [9.17, 15) is 19.7 Å². The van der Waals surface area contributed by atoms with Crippen molar-refractivity contribution in [2.75, 3.05) is 27.3 Å². The van der Waals surface area contributed by atoms with Crippen molar-refractivity contribution in [3.63, 3.8) is 0 Å². The highest BCUT2D eigenvalue weighted by Crippen LogP contribution is 2.24. The Morgan fingerprint density at radius 2 is 1.80 bits per heavy atom. The number of carbonyl (C=O) groups excluding carboxylic acids is 2. The highest BCUT2D eigenvalue weighted by molar-refractivity contribution is 6.02. The number of esters is 2. The second-order valence-corrected chi connectivity index (χ2v) is 5.17. The quantitative estimate of drug-likeness (QED) is 0.418. The molecule has 0 aliphatic carbocycles. The summed E-state index contributed by atoms with van der Waals surface area (Å²) in [5.74, 6) is -1.72. The molecule has 0 bridgehead atoms. The lowest BCUT2D eigenvalue weighted by Gasteiger charge is -2.13.